The number of rotatable bonds is 8. The first kappa shape index (κ1) is 21.8. The van der Waals surface area contributed by atoms with E-state index in [4.69, 9.17) is 0 Å². The van der Waals surface area contributed by atoms with Crippen LogP contribution in [0.15, 0.2) is 30.3 Å². The Kier molecular flexibility index (Phi) is 6.57. The number of hydrogen-bond donors (Lipinski definition) is 3. The number of benzene rings is 1. The van der Waals surface area contributed by atoms with Crippen molar-refractivity contribution in [3.63, 3.8) is 0 Å². The predicted molar refractivity (Wildman–Crippen MR) is 117 cm³/mol. The molecule has 2 aliphatic heterocycles. The first-order chi connectivity index (χ1) is 15.0. The van der Waals surface area contributed by atoms with Crippen LogP contribution in [0.5, 0.6) is 0 Å². The van der Waals surface area contributed by atoms with E-state index in [1.54, 1.807) is 11.9 Å². The lowest BCUT2D eigenvalue weighted by atomic mass is 9.98. The van der Waals surface area contributed by atoms with Crippen molar-refractivity contribution in [3.8, 4) is 0 Å². The van der Waals surface area contributed by atoms with E-state index in [9.17, 15) is 14.4 Å². The molecule has 4 amide bonds. The summed E-state index contributed by atoms with van der Waals surface area (Å²) in [5.41, 5.74) is 7.30. The summed E-state index contributed by atoms with van der Waals surface area (Å²) < 4.78 is 0. The highest BCUT2D eigenvalue weighted by atomic mass is 16.2. The molecule has 168 valence electrons. The van der Waals surface area contributed by atoms with Gasteiger partial charge in [0.15, 0.2) is 0 Å². The molecule has 8 nitrogen and oxygen atoms in total. The van der Waals surface area contributed by atoms with Gasteiger partial charge in [-0.2, -0.15) is 0 Å². The van der Waals surface area contributed by atoms with Gasteiger partial charge in [0, 0.05) is 38.6 Å². The topological polar surface area (TPSA) is 93.8 Å². The normalized spacial score (nSPS) is 24.7. The minimum atomic E-state index is -0.702. The maximum atomic E-state index is 12.7. The number of hydrogen-bond acceptors (Lipinski definition) is 5. The Labute approximate surface area is 183 Å². The molecule has 3 aliphatic rings. The molecule has 2 heterocycles. The Morgan fingerprint density at radius 3 is 2.65 bits per heavy atom. The maximum Gasteiger partial charge on any atom is 0.325 e. The van der Waals surface area contributed by atoms with E-state index >= 15 is 0 Å². The van der Waals surface area contributed by atoms with Crippen LogP contribution in [0.3, 0.4) is 0 Å². The summed E-state index contributed by atoms with van der Waals surface area (Å²) in [6.07, 6.45) is 6.39. The smallest absolute Gasteiger partial charge is 0.325 e. The zero-order valence-corrected chi connectivity index (χ0v) is 18.2. The van der Waals surface area contributed by atoms with Crippen LogP contribution in [-0.2, 0) is 9.59 Å². The number of amides is 4. The Bertz CT molecular complexity index is 809. The molecule has 1 saturated carbocycles. The summed E-state index contributed by atoms with van der Waals surface area (Å²) in [5.74, 6) is -0.189. The monoisotopic (exact) mass is 427 g/mol. The molecule has 2 saturated heterocycles. The van der Waals surface area contributed by atoms with Crippen molar-refractivity contribution >= 4 is 17.8 Å². The average molecular weight is 428 g/mol. The van der Waals surface area contributed by atoms with E-state index in [0.717, 1.165) is 32.1 Å². The van der Waals surface area contributed by atoms with Gasteiger partial charge in [-0.1, -0.05) is 43.2 Å². The van der Waals surface area contributed by atoms with Crippen LogP contribution in [0.2, 0.25) is 0 Å². The lowest BCUT2D eigenvalue weighted by molar-refractivity contribution is -0.133. The maximum absolute atomic E-state index is 12.7. The second-order valence-corrected chi connectivity index (χ2v) is 9.07. The summed E-state index contributed by atoms with van der Waals surface area (Å²) >= 11 is 0. The van der Waals surface area contributed by atoms with Crippen molar-refractivity contribution in [3.05, 3.63) is 35.9 Å². The summed E-state index contributed by atoms with van der Waals surface area (Å²) in [7, 11) is 1.79. The molecule has 2 atom stereocenters. The second kappa shape index (κ2) is 9.36. The lowest BCUT2D eigenvalue weighted by Crippen LogP contribution is -2.44. The van der Waals surface area contributed by atoms with Gasteiger partial charge in [0.1, 0.15) is 5.54 Å². The number of urea groups is 1. The Hall–Kier alpha value is -2.45. The van der Waals surface area contributed by atoms with Gasteiger partial charge in [-0.15, -0.1) is 0 Å². The van der Waals surface area contributed by atoms with Crippen LogP contribution in [0.4, 0.5) is 4.79 Å². The van der Waals surface area contributed by atoms with Gasteiger partial charge in [-0.25, -0.2) is 4.79 Å². The predicted octanol–water partition coefficient (Wildman–Crippen LogP) is 2.09. The zero-order chi connectivity index (χ0) is 21.8. The van der Waals surface area contributed by atoms with E-state index in [0.29, 0.717) is 31.5 Å². The van der Waals surface area contributed by atoms with Crippen molar-refractivity contribution in [2.75, 3.05) is 20.1 Å². The molecule has 8 heteroatoms. The van der Waals surface area contributed by atoms with Gasteiger partial charge in [0.25, 0.3) is 5.91 Å². The third-order valence-electron chi connectivity index (χ3n) is 6.91. The third-order valence-corrected chi connectivity index (χ3v) is 6.91. The lowest BCUT2D eigenvalue weighted by Gasteiger charge is -2.21. The van der Waals surface area contributed by atoms with Crippen molar-refractivity contribution in [1.29, 1.82) is 0 Å². The van der Waals surface area contributed by atoms with E-state index in [1.165, 1.54) is 10.5 Å². The number of hydrazine groups is 1. The SMILES string of the molecule is CN(CCCC1CC(c2ccccc2)NN1)C(=O)CCN1C(=O)NC2(CCCC2)C1=O. The fourth-order valence-electron chi connectivity index (χ4n) is 5.01. The molecule has 0 aromatic heterocycles. The second-order valence-electron chi connectivity index (χ2n) is 9.07. The van der Waals surface area contributed by atoms with Crippen molar-refractivity contribution in [2.24, 2.45) is 0 Å². The highest BCUT2D eigenvalue weighted by molar-refractivity contribution is 6.07. The quantitative estimate of drug-likeness (QED) is 0.553. The summed E-state index contributed by atoms with van der Waals surface area (Å²) in [4.78, 5) is 40.4. The molecule has 2 unspecified atom stereocenters. The number of nitrogens with one attached hydrogen (secondary N) is 3. The van der Waals surface area contributed by atoms with Crippen LogP contribution in [0.1, 0.15) is 63.0 Å². The summed E-state index contributed by atoms with van der Waals surface area (Å²) in [6.45, 7) is 0.819. The zero-order valence-electron chi connectivity index (χ0n) is 18.2. The van der Waals surface area contributed by atoms with Crippen molar-refractivity contribution < 1.29 is 14.4 Å². The summed E-state index contributed by atoms with van der Waals surface area (Å²) in [6, 6.07) is 10.7. The molecular formula is C23H33N5O3. The van der Waals surface area contributed by atoms with Crippen LogP contribution in [0.25, 0.3) is 0 Å². The molecule has 3 N–H and O–H groups in total. The van der Waals surface area contributed by atoms with E-state index in [2.05, 4.69) is 40.4 Å². The molecule has 1 aromatic carbocycles. The number of carbonyl (C=O) groups is 3. The third kappa shape index (κ3) is 4.75. The van der Waals surface area contributed by atoms with Crippen LogP contribution in [-0.4, -0.2) is 59.4 Å². The van der Waals surface area contributed by atoms with Crippen LogP contribution in [0, 0.1) is 0 Å². The van der Waals surface area contributed by atoms with Gasteiger partial charge >= 0.3 is 6.03 Å². The Balaban J connectivity index is 1.16. The van der Waals surface area contributed by atoms with Crippen molar-refractivity contribution in [1.82, 2.24) is 26.0 Å². The number of nitrogens with zero attached hydrogens (tertiary/aromatic N) is 2. The molecule has 0 bridgehead atoms. The fourth-order valence-corrected chi connectivity index (χ4v) is 5.01. The number of carbonyl (C=O) groups excluding carboxylic acids is 3. The molecule has 4 rings (SSSR count). The molecule has 31 heavy (non-hydrogen) atoms. The summed E-state index contributed by atoms with van der Waals surface area (Å²) in [5, 5.41) is 2.86. The van der Waals surface area contributed by atoms with Crippen LogP contribution < -0.4 is 16.2 Å². The minimum Gasteiger partial charge on any atom is -0.346 e. The van der Waals surface area contributed by atoms with E-state index in [-0.39, 0.29) is 30.8 Å². The first-order valence-corrected chi connectivity index (χ1v) is 11.4. The first-order valence-electron chi connectivity index (χ1n) is 11.4. The molecule has 1 aromatic rings. The standard InChI is InChI=1S/C23H33N5O3/c1-27(14-7-10-18-16-19(26-25-18)17-8-3-2-4-9-17)20(29)11-15-28-21(30)23(24-22(28)31)12-5-6-13-23/h2-4,8-9,18-19,25-26H,5-7,10-16H2,1H3,(H,24,31). The highest BCUT2D eigenvalue weighted by Gasteiger charge is 2.52. The van der Waals surface area contributed by atoms with Gasteiger partial charge in [0.2, 0.25) is 5.91 Å². The van der Waals surface area contributed by atoms with Gasteiger partial charge in [0.05, 0.1) is 0 Å². The average Bonchev–Trinajstić information content (AvgIpc) is 3.49. The fraction of sp³-hybridized carbons (Fsp3) is 0.609. The van der Waals surface area contributed by atoms with Gasteiger partial charge < -0.3 is 10.2 Å². The molecule has 1 aliphatic carbocycles. The number of imide groups is 1. The van der Waals surface area contributed by atoms with Crippen LogP contribution >= 0.6 is 0 Å². The Morgan fingerprint density at radius 1 is 1.16 bits per heavy atom. The Morgan fingerprint density at radius 2 is 1.90 bits per heavy atom. The van der Waals surface area contributed by atoms with E-state index < -0.39 is 5.54 Å². The van der Waals surface area contributed by atoms with Crippen molar-refractivity contribution in [2.45, 2.75) is 69.0 Å². The molecule has 3 fully saturated rings. The van der Waals surface area contributed by atoms with Gasteiger partial charge in [-0.3, -0.25) is 25.3 Å². The van der Waals surface area contributed by atoms with E-state index in [1.807, 2.05) is 6.07 Å². The molecular weight excluding hydrogens is 394 g/mol. The molecule has 0 radical (unpaired) electrons. The van der Waals surface area contributed by atoms with Gasteiger partial charge in [-0.05, 0) is 37.7 Å². The molecule has 1 spiro atoms. The highest BCUT2D eigenvalue weighted by Crippen LogP contribution is 2.35. The largest absolute Gasteiger partial charge is 0.346 e. The minimum absolute atomic E-state index is 0.0346.